The van der Waals surface area contributed by atoms with E-state index in [2.05, 4.69) is 5.48 Å². The van der Waals surface area contributed by atoms with Gasteiger partial charge in [0.1, 0.15) is 6.04 Å². The van der Waals surface area contributed by atoms with Crippen LogP contribution in [-0.2, 0) is 39.2 Å². The number of rotatable bonds is 6. The van der Waals surface area contributed by atoms with Gasteiger partial charge in [0.2, 0.25) is 10.0 Å². The van der Waals surface area contributed by atoms with E-state index in [9.17, 15) is 13.2 Å². The van der Waals surface area contributed by atoms with Gasteiger partial charge in [-0.25, -0.2) is 13.9 Å². The van der Waals surface area contributed by atoms with E-state index in [4.69, 9.17) is 4.84 Å². The maximum absolute atomic E-state index is 12.6. The molecule has 138 valence electrons. The van der Waals surface area contributed by atoms with Crippen LogP contribution >= 0.6 is 0 Å². The molecular formula is C19H22N2O4S. The summed E-state index contributed by atoms with van der Waals surface area (Å²) in [6, 6.07) is 16.2. The van der Waals surface area contributed by atoms with Crippen LogP contribution in [0.3, 0.4) is 0 Å². The molecule has 0 aromatic heterocycles. The normalized spacial score (nSPS) is 17.5. The molecule has 0 saturated carbocycles. The number of nitrogens with zero attached hydrogens (tertiary/aromatic N) is 1. The second-order valence-corrected chi connectivity index (χ2v) is 8.39. The third-order valence-electron chi connectivity index (χ3n) is 4.48. The smallest absolute Gasteiger partial charge is 0.262 e. The van der Waals surface area contributed by atoms with Gasteiger partial charge in [0.25, 0.3) is 5.91 Å². The summed E-state index contributed by atoms with van der Waals surface area (Å²) < 4.78 is 26.2. The van der Waals surface area contributed by atoms with Gasteiger partial charge in [-0.05, 0) is 30.0 Å². The third kappa shape index (κ3) is 4.12. The van der Waals surface area contributed by atoms with Crippen LogP contribution in [0.5, 0.6) is 0 Å². The molecule has 0 fully saturated rings. The van der Waals surface area contributed by atoms with Crippen LogP contribution in [0.1, 0.15) is 23.6 Å². The van der Waals surface area contributed by atoms with Gasteiger partial charge in [-0.3, -0.25) is 9.63 Å². The summed E-state index contributed by atoms with van der Waals surface area (Å²) in [5.74, 6) is -0.503. The Kier molecular flexibility index (Phi) is 5.70. The van der Waals surface area contributed by atoms with Crippen molar-refractivity contribution < 1.29 is 18.0 Å². The van der Waals surface area contributed by atoms with Crippen LogP contribution in [0, 0.1) is 0 Å². The summed E-state index contributed by atoms with van der Waals surface area (Å²) in [4.78, 5) is 17.9. The Morgan fingerprint density at radius 2 is 1.77 bits per heavy atom. The molecule has 1 N–H and O–H groups in total. The molecule has 1 aliphatic heterocycles. The zero-order valence-electron chi connectivity index (χ0n) is 14.6. The molecule has 1 amide bonds. The van der Waals surface area contributed by atoms with E-state index in [1.165, 1.54) is 4.31 Å². The second kappa shape index (κ2) is 7.99. The van der Waals surface area contributed by atoms with Gasteiger partial charge >= 0.3 is 0 Å². The fraction of sp³-hybridized carbons (Fsp3) is 0.316. The predicted octanol–water partition coefficient (Wildman–Crippen LogP) is 2.01. The standard InChI is InChI=1S/C19H22N2O4S/c1-2-26(23,24)21-13-17-11-7-6-10-16(17)12-18(21)19(22)20-25-14-15-8-4-3-5-9-15/h3-11,18H,2,12-14H2,1H3,(H,20,22). The van der Waals surface area contributed by atoms with E-state index in [1.54, 1.807) is 6.92 Å². The highest BCUT2D eigenvalue weighted by Gasteiger charge is 2.38. The maximum Gasteiger partial charge on any atom is 0.262 e. The first-order chi connectivity index (χ1) is 12.5. The first-order valence-electron chi connectivity index (χ1n) is 8.53. The Morgan fingerprint density at radius 3 is 2.46 bits per heavy atom. The lowest BCUT2D eigenvalue weighted by molar-refractivity contribution is -0.139. The number of benzene rings is 2. The van der Waals surface area contributed by atoms with Gasteiger partial charge in [-0.2, -0.15) is 4.31 Å². The molecule has 26 heavy (non-hydrogen) atoms. The van der Waals surface area contributed by atoms with Crippen molar-refractivity contribution in [2.75, 3.05) is 5.75 Å². The minimum atomic E-state index is -3.52. The first-order valence-corrected chi connectivity index (χ1v) is 10.1. The number of sulfonamides is 1. The molecule has 7 heteroatoms. The monoisotopic (exact) mass is 374 g/mol. The average molecular weight is 374 g/mol. The number of nitrogens with one attached hydrogen (secondary N) is 1. The molecule has 0 saturated heterocycles. The quantitative estimate of drug-likeness (QED) is 0.785. The molecular weight excluding hydrogens is 352 g/mol. The number of hydroxylamine groups is 1. The van der Waals surface area contributed by atoms with Crippen LogP contribution in [0.25, 0.3) is 0 Å². The van der Waals surface area contributed by atoms with Gasteiger partial charge in [0, 0.05) is 6.54 Å². The second-order valence-electron chi connectivity index (χ2n) is 6.18. The first kappa shape index (κ1) is 18.6. The zero-order valence-corrected chi connectivity index (χ0v) is 15.4. The lowest BCUT2D eigenvalue weighted by atomic mass is 9.95. The summed E-state index contributed by atoms with van der Waals surface area (Å²) in [6.45, 7) is 2.00. The number of hydrogen-bond acceptors (Lipinski definition) is 4. The zero-order chi connectivity index (χ0) is 18.6. The SMILES string of the molecule is CCS(=O)(=O)N1Cc2ccccc2CC1C(=O)NOCc1ccccc1. The summed E-state index contributed by atoms with van der Waals surface area (Å²) in [7, 11) is -3.52. The molecule has 0 aliphatic carbocycles. The Hall–Kier alpha value is -2.22. The van der Waals surface area contributed by atoms with E-state index >= 15 is 0 Å². The third-order valence-corrected chi connectivity index (χ3v) is 6.31. The predicted molar refractivity (Wildman–Crippen MR) is 98.3 cm³/mol. The minimum absolute atomic E-state index is 0.0518. The number of hydrogen-bond donors (Lipinski definition) is 1. The van der Waals surface area contributed by atoms with Crippen molar-refractivity contribution >= 4 is 15.9 Å². The summed E-state index contributed by atoms with van der Waals surface area (Å²) in [5.41, 5.74) is 5.24. The number of carbonyl (C=O) groups is 1. The lowest BCUT2D eigenvalue weighted by Gasteiger charge is -2.34. The highest BCUT2D eigenvalue weighted by molar-refractivity contribution is 7.89. The largest absolute Gasteiger partial charge is 0.271 e. The molecule has 2 aromatic rings. The Bertz CT molecular complexity index is 868. The van der Waals surface area contributed by atoms with Crippen molar-refractivity contribution in [3.63, 3.8) is 0 Å². The van der Waals surface area contributed by atoms with E-state index < -0.39 is 22.0 Å². The molecule has 1 aliphatic rings. The minimum Gasteiger partial charge on any atom is -0.271 e. The van der Waals surface area contributed by atoms with Gasteiger partial charge in [-0.15, -0.1) is 0 Å². The van der Waals surface area contributed by atoms with Crippen LogP contribution in [0.2, 0.25) is 0 Å². The van der Waals surface area contributed by atoms with Crippen molar-refractivity contribution in [1.29, 1.82) is 0 Å². The average Bonchev–Trinajstić information content (AvgIpc) is 2.67. The van der Waals surface area contributed by atoms with Crippen molar-refractivity contribution in [2.24, 2.45) is 0 Å². The maximum atomic E-state index is 12.6. The van der Waals surface area contributed by atoms with Crippen molar-refractivity contribution in [1.82, 2.24) is 9.79 Å². The van der Waals surface area contributed by atoms with Crippen molar-refractivity contribution in [2.45, 2.75) is 32.5 Å². The van der Waals surface area contributed by atoms with Gasteiger partial charge in [-0.1, -0.05) is 54.6 Å². The van der Waals surface area contributed by atoms with Gasteiger partial charge < -0.3 is 0 Å². The van der Waals surface area contributed by atoms with Crippen LogP contribution in [0.15, 0.2) is 54.6 Å². The van der Waals surface area contributed by atoms with Gasteiger partial charge in [0.05, 0.1) is 12.4 Å². The highest BCUT2D eigenvalue weighted by Crippen LogP contribution is 2.26. The molecule has 2 aromatic carbocycles. The van der Waals surface area contributed by atoms with Crippen LogP contribution in [0.4, 0.5) is 0 Å². The molecule has 0 radical (unpaired) electrons. The summed E-state index contributed by atoms with van der Waals surface area (Å²) in [5, 5.41) is 0. The van der Waals surface area contributed by atoms with Gasteiger partial charge in [0.15, 0.2) is 0 Å². The highest BCUT2D eigenvalue weighted by atomic mass is 32.2. The molecule has 0 spiro atoms. The Labute approximate surface area is 153 Å². The van der Waals surface area contributed by atoms with E-state index in [-0.39, 0.29) is 18.9 Å². The van der Waals surface area contributed by atoms with E-state index in [0.717, 1.165) is 16.7 Å². The fourth-order valence-corrected chi connectivity index (χ4v) is 4.24. The topological polar surface area (TPSA) is 75.7 Å². The molecule has 0 bridgehead atoms. The molecule has 1 heterocycles. The summed E-state index contributed by atoms with van der Waals surface area (Å²) in [6.07, 6.45) is 0.329. The van der Waals surface area contributed by atoms with E-state index in [0.29, 0.717) is 6.42 Å². The summed E-state index contributed by atoms with van der Waals surface area (Å²) >= 11 is 0. The molecule has 3 rings (SSSR count). The van der Waals surface area contributed by atoms with E-state index in [1.807, 2.05) is 54.6 Å². The van der Waals surface area contributed by atoms with Crippen LogP contribution in [-0.4, -0.2) is 30.4 Å². The molecule has 1 unspecified atom stereocenters. The van der Waals surface area contributed by atoms with Crippen molar-refractivity contribution in [3.05, 3.63) is 71.3 Å². The number of fused-ring (bicyclic) bond motifs is 1. The molecule has 1 atom stereocenters. The fourth-order valence-electron chi connectivity index (χ4n) is 3.01. The van der Waals surface area contributed by atoms with Crippen molar-refractivity contribution in [3.8, 4) is 0 Å². The number of amides is 1. The molecule has 6 nitrogen and oxygen atoms in total. The Balaban J connectivity index is 1.73. The lowest BCUT2D eigenvalue weighted by Crippen LogP contribution is -2.52. The number of carbonyl (C=O) groups excluding carboxylic acids is 1. The Morgan fingerprint density at radius 1 is 1.12 bits per heavy atom. The van der Waals surface area contributed by atoms with Crippen LogP contribution < -0.4 is 5.48 Å².